The van der Waals surface area contributed by atoms with Gasteiger partial charge in [0.25, 0.3) is 5.91 Å². The smallest absolute Gasteiger partial charge is 0.254 e. The zero-order valence-electron chi connectivity index (χ0n) is 15.3. The summed E-state index contributed by atoms with van der Waals surface area (Å²) in [6.07, 6.45) is 7.93. The number of hydrogen-bond acceptors (Lipinski definition) is 6. The molecule has 2 saturated heterocycles. The fourth-order valence-corrected chi connectivity index (χ4v) is 4.40. The van der Waals surface area contributed by atoms with Gasteiger partial charge < -0.3 is 14.5 Å². The molecule has 0 aromatic carbocycles. The number of anilines is 1. The lowest BCUT2D eigenvalue weighted by atomic mass is 10.00. The van der Waals surface area contributed by atoms with Crippen LogP contribution >= 0.6 is 0 Å². The van der Waals surface area contributed by atoms with Gasteiger partial charge in [-0.05, 0) is 37.8 Å². The van der Waals surface area contributed by atoms with Gasteiger partial charge in [-0.1, -0.05) is 5.21 Å². The van der Waals surface area contributed by atoms with Gasteiger partial charge in [-0.15, -0.1) is 5.10 Å². The Hall–Kier alpha value is -2.48. The van der Waals surface area contributed by atoms with Crippen molar-refractivity contribution in [1.29, 1.82) is 0 Å². The molecule has 2 atom stereocenters. The summed E-state index contributed by atoms with van der Waals surface area (Å²) in [7, 11) is 0. The minimum Gasteiger partial charge on any atom is -0.368 e. The van der Waals surface area contributed by atoms with Crippen LogP contribution in [0.1, 0.15) is 47.8 Å². The minimum atomic E-state index is 0.0659. The van der Waals surface area contributed by atoms with Gasteiger partial charge in [0.2, 0.25) is 0 Å². The number of carbonyl (C=O) groups is 1. The van der Waals surface area contributed by atoms with Crippen LogP contribution in [0.4, 0.5) is 5.82 Å². The van der Waals surface area contributed by atoms with E-state index in [4.69, 9.17) is 4.74 Å². The van der Waals surface area contributed by atoms with Crippen molar-refractivity contribution >= 4 is 11.7 Å². The molecule has 0 radical (unpaired) electrons. The molecule has 2 aromatic rings. The first-order chi connectivity index (χ1) is 13.3. The predicted molar refractivity (Wildman–Crippen MR) is 98.5 cm³/mol. The molecule has 2 aromatic heterocycles. The van der Waals surface area contributed by atoms with Crippen molar-refractivity contribution in [2.45, 2.75) is 44.4 Å². The largest absolute Gasteiger partial charge is 0.368 e. The van der Waals surface area contributed by atoms with Crippen molar-refractivity contribution in [3.63, 3.8) is 0 Å². The number of ether oxygens (including phenoxy) is 1. The monoisotopic (exact) mass is 368 g/mol. The van der Waals surface area contributed by atoms with Gasteiger partial charge >= 0.3 is 0 Å². The molecule has 5 rings (SSSR count). The summed E-state index contributed by atoms with van der Waals surface area (Å²) in [4.78, 5) is 21.5. The summed E-state index contributed by atoms with van der Waals surface area (Å²) in [5, 5.41) is 8.24. The molecular weight excluding hydrogens is 344 g/mol. The summed E-state index contributed by atoms with van der Waals surface area (Å²) in [5.74, 6) is 0.971. The molecule has 3 aliphatic rings. The second-order valence-electron chi connectivity index (χ2n) is 7.58. The second-order valence-corrected chi connectivity index (χ2v) is 7.58. The molecule has 27 heavy (non-hydrogen) atoms. The number of hydrogen-bond donors (Lipinski definition) is 0. The van der Waals surface area contributed by atoms with Gasteiger partial charge in [-0.2, -0.15) is 0 Å². The summed E-state index contributed by atoms with van der Waals surface area (Å²) < 4.78 is 8.06. The maximum absolute atomic E-state index is 12.8. The van der Waals surface area contributed by atoms with Crippen LogP contribution in [0.15, 0.2) is 24.5 Å². The van der Waals surface area contributed by atoms with E-state index in [2.05, 4.69) is 20.2 Å². The number of nitrogens with zero attached hydrogens (tertiary/aromatic N) is 6. The lowest BCUT2D eigenvalue weighted by Crippen LogP contribution is -2.48. The minimum absolute atomic E-state index is 0.0659. The third-order valence-corrected chi connectivity index (χ3v) is 5.89. The Balaban J connectivity index is 1.32. The van der Waals surface area contributed by atoms with Crippen molar-refractivity contribution in [3.8, 4) is 0 Å². The van der Waals surface area contributed by atoms with Crippen LogP contribution in [0.5, 0.6) is 0 Å². The first kappa shape index (κ1) is 16.7. The fourth-order valence-electron chi connectivity index (χ4n) is 4.40. The summed E-state index contributed by atoms with van der Waals surface area (Å²) >= 11 is 0. The Morgan fingerprint density at radius 2 is 2.07 bits per heavy atom. The lowest BCUT2D eigenvalue weighted by Gasteiger charge is -2.41. The van der Waals surface area contributed by atoms with Crippen LogP contribution < -0.4 is 4.90 Å². The van der Waals surface area contributed by atoms with Crippen LogP contribution in [0.25, 0.3) is 0 Å². The number of likely N-dealkylation sites (tertiary alicyclic amines) is 1. The normalized spacial score (nSPS) is 25.0. The van der Waals surface area contributed by atoms with Gasteiger partial charge in [0, 0.05) is 37.9 Å². The number of rotatable bonds is 2. The molecule has 0 spiro atoms. The van der Waals surface area contributed by atoms with Gasteiger partial charge in [0.15, 0.2) is 0 Å². The van der Waals surface area contributed by atoms with Gasteiger partial charge in [0.1, 0.15) is 5.82 Å². The van der Waals surface area contributed by atoms with E-state index in [-0.39, 0.29) is 18.1 Å². The molecule has 0 bridgehead atoms. The van der Waals surface area contributed by atoms with Gasteiger partial charge in [0.05, 0.1) is 30.6 Å². The third-order valence-electron chi connectivity index (χ3n) is 5.89. The highest BCUT2D eigenvalue weighted by molar-refractivity contribution is 5.94. The molecule has 3 aliphatic heterocycles. The molecule has 5 heterocycles. The molecule has 8 heteroatoms. The highest BCUT2D eigenvalue weighted by Crippen LogP contribution is 2.32. The predicted octanol–water partition coefficient (Wildman–Crippen LogP) is 1.65. The first-order valence-electron chi connectivity index (χ1n) is 9.80. The number of piperidine rings is 2. The Kier molecular flexibility index (Phi) is 4.27. The van der Waals surface area contributed by atoms with Gasteiger partial charge in [-0.25, -0.2) is 9.67 Å². The lowest BCUT2D eigenvalue weighted by molar-refractivity contribution is -0.0335. The highest BCUT2D eigenvalue weighted by Gasteiger charge is 2.36. The van der Waals surface area contributed by atoms with Crippen molar-refractivity contribution in [2.75, 3.05) is 31.1 Å². The Morgan fingerprint density at radius 1 is 1.19 bits per heavy atom. The van der Waals surface area contributed by atoms with E-state index in [1.54, 1.807) is 12.4 Å². The highest BCUT2D eigenvalue weighted by atomic mass is 16.5. The maximum Gasteiger partial charge on any atom is 0.254 e. The van der Waals surface area contributed by atoms with E-state index < -0.39 is 0 Å². The van der Waals surface area contributed by atoms with Crippen LogP contribution in [0.3, 0.4) is 0 Å². The molecule has 8 nitrogen and oxygen atoms in total. The molecule has 0 N–H and O–H groups in total. The van der Waals surface area contributed by atoms with Crippen molar-refractivity contribution in [1.82, 2.24) is 24.9 Å². The zero-order valence-corrected chi connectivity index (χ0v) is 15.3. The Bertz CT molecular complexity index is 831. The molecule has 142 valence electrons. The van der Waals surface area contributed by atoms with Crippen molar-refractivity contribution in [2.24, 2.45) is 0 Å². The van der Waals surface area contributed by atoms with E-state index in [0.29, 0.717) is 6.61 Å². The summed E-state index contributed by atoms with van der Waals surface area (Å²) in [6.45, 7) is 3.87. The molecule has 2 unspecified atom stereocenters. The van der Waals surface area contributed by atoms with E-state index in [0.717, 1.165) is 62.5 Å². The van der Waals surface area contributed by atoms with Crippen LogP contribution in [0.2, 0.25) is 0 Å². The second kappa shape index (κ2) is 6.92. The number of amides is 1. The SMILES string of the molecule is O=C(c1ccnc(N2CCC3C(C2)OCc2cnnn23)c1)N1CCCCC1. The molecule has 0 saturated carbocycles. The third kappa shape index (κ3) is 3.07. The number of carbonyl (C=O) groups excluding carboxylic acids is 1. The first-order valence-corrected chi connectivity index (χ1v) is 9.80. The van der Waals surface area contributed by atoms with Gasteiger partial charge in [-0.3, -0.25) is 4.79 Å². The van der Waals surface area contributed by atoms with E-state index >= 15 is 0 Å². The van der Waals surface area contributed by atoms with E-state index in [1.807, 2.05) is 21.7 Å². The number of aromatic nitrogens is 4. The standard InChI is InChI=1S/C19H24N6O2/c26-19(23-7-2-1-3-8-23)14-4-6-20-18(10-14)24-9-5-16-17(12-24)27-13-15-11-21-22-25(15)16/h4,6,10-11,16-17H,1-3,5,7-9,12-13H2. The maximum atomic E-state index is 12.8. The molecule has 1 amide bonds. The average molecular weight is 368 g/mol. The van der Waals surface area contributed by atoms with E-state index in [1.165, 1.54) is 6.42 Å². The zero-order chi connectivity index (χ0) is 18.2. The Morgan fingerprint density at radius 3 is 2.96 bits per heavy atom. The number of pyridine rings is 1. The molecule has 2 fully saturated rings. The molecule has 0 aliphatic carbocycles. The van der Waals surface area contributed by atoms with Crippen LogP contribution in [-0.2, 0) is 11.3 Å². The van der Waals surface area contributed by atoms with Crippen LogP contribution in [0, 0.1) is 0 Å². The van der Waals surface area contributed by atoms with Crippen molar-refractivity contribution in [3.05, 3.63) is 35.8 Å². The number of fused-ring (bicyclic) bond motifs is 3. The summed E-state index contributed by atoms with van der Waals surface area (Å²) in [5.41, 5.74) is 1.77. The van der Waals surface area contributed by atoms with Crippen molar-refractivity contribution < 1.29 is 9.53 Å². The quantitative estimate of drug-likeness (QED) is 0.802. The summed E-state index contributed by atoms with van der Waals surface area (Å²) in [6, 6.07) is 3.98. The molecular formula is C19H24N6O2. The average Bonchev–Trinajstić information content (AvgIpc) is 3.23. The fraction of sp³-hybridized carbons (Fsp3) is 0.579. The Labute approximate surface area is 158 Å². The van der Waals surface area contributed by atoms with Crippen LogP contribution in [-0.4, -0.2) is 63.1 Å². The van der Waals surface area contributed by atoms with E-state index in [9.17, 15) is 4.79 Å². The topological polar surface area (TPSA) is 76.4 Å².